The van der Waals surface area contributed by atoms with Crippen molar-refractivity contribution < 1.29 is 19.1 Å². The number of benzene rings is 2. The third-order valence-electron chi connectivity index (χ3n) is 3.12. The molecule has 0 aliphatic heterocycles. The highest BCUT2D eigenvalue weighted by molar-refractivity contribution is 6.02. The third kappa shape index (κ3) is 4.71. The monoisotopic (exact) mass is 311 g/mol. The smallest absolute Gasteiger partial charge is 0.337 e. The normalized spacial score (nSPS) is 10.3. The lowest BCUT2D eigenvalue weighted by Crippen LogP contribution is -2.08. The van der Waals surface area contributed by atoms with E-state index in [1.165, 1.54) is 13.2 Å². The summed E-state index contributed by atoms with van der Waals surface area (Å²) >= 11 is 0. The molecule has 0 bridgehead atoms. The van der Waals surface area contributed by atoms with Crippen LogP contribution >= 0.6 is 0 Å². The number of ether oxygens (including phenoxy) is 2. The Morgan fingerprint density at radius 1 is 0.957 bits per heavy atom. The number of methoxy groups -OCH3 is 2. The molecule has 0 saturated carbocycles. The molecule has 0 unspecified atom stereocenters. The molecule has 0 spiro atoms. The average Bonchev–Trinajstić information content (AvgIpc) is 2.60. The Morgan fingerprint density at radius 2 is 1.61 bits per heavy atom. The van der Waals surface area contributed by atoms with Crippen molar-refractivity contribution in [2.45, 2.75) is 0 Å². The van der Waals surface area contributed by atoms with Crippen LogP contribution in [0.5, 0.6) is 5.75 Å². The predicted octanol–water partition coefficient (Wildman–Crippen LogP) is 3.13. The first kappa shape index (κ1) is 16.3. The molecule has 2 aromatic rings. The van der Waals surface area contributed by atoms with Gasteiger partial charge in [0.05, 0.1) is 19.8 Å². The van der Waals surface area contributed by atoms with E-state index in [2.05, 4.69) is 10.1 Å². The van der Waals surface area contributed by atoms with Crippen molar-refractivity contribution in [3.63, 3.8) is 0 Å². The lowest BCUT2D eigenvalue weighted by Gasteiger charge is -2.04. The second kappa shape index (κ2) is 7.79. The van der Waals surface area contributed by atoms with Crippen LogP contribution in [-0.2, 0) is 9.53 Å². The standard InChI is InChI=1S/C18H17NO4/c1-22-16-10-3-13(4-11-16)5-12-17(20)19-15-8-6-14(7-9-15)18(21)23-2/h3-12H,1-2H3,(H,19,20). The number of hydrogen-bond acceptors (Lipinski definition) is 4. The fraction of sp³-hybridized carbons (Fsp3) is 0.111. The largest absolute Gasteiger partial charge is 0.497 e. The summed E-state index contributed by atoms with van der Waals surface area (Å²) in [4.78, 5) is 23.2. The van der Waals surface area contributed by atoms with Crippen molar-refractivity contribution in [2.75, 3.05) is 19.5 Å². The molecule has 23 heavy (non-hydrogen) atoms. The Bertz CT molecular complexity index is 703. The van der Waals surface area contributed by atoms with E-state index in [4.69, 9.17) is 4.74 Å². The van der Waals surface area contributed by atoms with Gasteiger partial charge in [-0.15, -0.1) is 0 Å². The second-order valence-corrected chi connectivity index (χ2v) is 4.66. The van der Waals surface area contributed by atoms with E-state index < -0.39 is 5.97 Å². The molecule has 0 fully saturated rings. The van der Waals surface area contributed by atoms with Crippen LogP contribution in [0.3, 0.4) is 0 Å². The fourth-order valence-electron chi connectivity index (χ4n) is 1.88. The van der Waals surface area contributed by atoms with Gasteiger partial charge in [-0.05, 0) is 48.0 Å². The number of nitrogens with one attached hydrogen (secondary N) is 1. The minimum Gasteiger partial charge on any atom is -0.497 e. The van der Waals surface area contributed by atoms with Crippen LogP contribution < -0.4 is 10.1 Å². The molecule has 1 amide bonds. The zero-order chi connectivity index (χ0) is 16.7. The molecule has 2 aromatic carbocycles. The van der Waals surface area contributed by atoms with Crippen LogP contribution in [0.4, 0.5) is 5.69 Å². The number of esters is 1. The average molecular weight is 311 g/mol. The Balaban J connectivity index is 1.95. The van der Waals surface area contributed by atoms with E-state index in [0.717, 1.165) is 11.3 Å². The number of amides is 1. The van der Waals surface area contributed by atoms with Gasteiger partial charge in [-0.25, -0.2) is 4.79 Å². The summed E-state index contributed by atoms with van der Waals surface area (Å²) in [6, 6.07) is 13.8. The molecular formula is C18H17NO4. The fourth-order valence-corrected chi connectivity index (χ4v) is 1.88. The number of rotatable bonds is 5. The van der Waals surface area contributed by atoms with Crippen LogP contribution in [0.15, 0.2) is 54.6 Å². The van der Waals surface area contributed by atoms with Gasteiger partial charge < -0.3 is 14.8 Å². The maximum Gasteiger partial charge on any atom is 0.337 e. The molecule has 0 aliphatic carbocycles. The van der Waals surface area contributed by atoms with Gasteiger partial charge in [-0.3, -0.25) is 4.79 Å². The molecule has 118 valence electrons. The summed E-state index contributed by atoms with van der Waals surface area (Å²) in [5.74, 6) is 0.0891. The van der Waals surface area contributed by atoms with Crippen LogP contribution in [0.1, 0.15) is 15.9 Å². The molecule has 1 N–H and O–H groups in total. The van der Waals surface area contributed by atoms with Crippen LogP contribution in [0.2, 0.25) is 0 Å². The van der Waals surface area contributed by atoms with Crippen molar-refractivity contribution in [1.82, 2.24) is 0 Å². The zero-order valence-corrected chi connectivity index (χ0v) is 12.9. The molecule has 5 heteroatoms. The van der Waals surface area contributed by atoms with Gasteiger partial charge in [0.2, 0.25) is 5.91 Å². The lowest BCUT2D eigenvalue weighted by atomic mass is 10.2. The number of anilines is 1. The predicted molar refractivity (Wildman–Crippen MR) is 88.4 cm³/mol. The first-order chi connectivity index (χ1) is 11.1. The van der Waals surface area contributed by atoms with Gasteiger partial charge in [0, 0.05) is 11.8 Å². The Labute approximate surface area is 134 Å². The SMILES string of the molecule is COC(=O)c1ccc(NC(=O)C=Cc2ccc(OC)cc2)cc1. The molecule has 0 atom stereocenters. The minimum atomic E-state index is -0.415. The van der Waals surface area contributed by atoms with Crippen LogP contribution in [0, 0.1) is 0 Å². The Kier molecular flexibility index (Phi) is 5.52. The summed E-state index contributed by atoms with van der Waals surface area (Å²) in [7, 11) is 2.92. The Morgan fingerprint density at radius 3 is 2.17 bits per heavy atom. The molecule has 0 aliphatic rings. The first-order valence-corrected chi connectivity index (χ1v) is 6.94. The van der Waals surface area contributed by atoms with Crippen molar-refractivity contribution in [3.05, 3.63) is 65.7 Å². The van der Waals surface area contributed by atoms with Gasteiger partial charge in [0.15, 0.2) is 0 Å². The highest BCUT2D eigenvalue weighted by Gasteiger charge is 2.05. The first-order valence-electron chi connectivity index (χ1n) is 6.94. The highest BCUT2D eigenvalue weighted by Crippen LogP contribution is 2.13. The topological polar surface area (TPSA) is 64.6 Å². The number of hydrogen-bond donors (Lipinski definition) is 1. The summed E-state index contributed by atoms with van der Waals surface area (Å²) in [5.41, 5.74) is 1.92. The summed E-state index contributed by atoms with van der Waals surface area (Å²) in [6.45, 7) is 0. The molecule has 2 rings (SSSR count). The zero-order valence-electron chi connectivity index (χ0n) is 12.9. The van der Waals surface area contributed by atoms with Gasteiger partial charge in [0.25, 0.3) is 0 Å². The van der Waals surface area contributed by atoms with E-state index in [9.17, 15) is 9.59 Å². The van der Waals surface area contributed by atoms with Crippen LogP contribution in [0.25, 0.3) is 6.08 Å². The van der Waals surface area contributed by atoms with E-state index >= 15 is 0 Å². The van der Waals surface area contributed by atoms with E-state index in [1.807, 2.05) is 24.3 Å². The van der Waals surface area contributed by atoms with Crippen LogP contribution in [-0.4, -0.2) is 26.1 Å². The maximum atomic E-state index is 11.9. The molecule has 0 radical (unpaired) electrons. The number of carbonyl (C=O) groups is 2. The lowest BCUT2D eigenvalue weighted by molar-refractivity contribution is -0.111. The van der Waals surface area contributed by atoms with Crippen molar-refractivity contribution in [1.29, 1.82) is 0 Å². The molecular weight excluding hydrogens is 294 g/mol. The van der Waals surface area contributed by atoms with Gasteiger partial charge in [-0.2, -0.15) is 0 Å². The quantitative estimate of drug-likeness (QED) is 0.680. The second-order valence-electron chi connectivity index (χ2n) is 4.66. The Hall–Kier alpha value is -3.08. The highest BCUT2D eigenvalue weighted by atomic mass is 16.5. The van der Waals surface area contributed by atoms with Gasteiger partial charge >= 0.3 is 5.97 Å². The number of carbonyl (C=O) groups excluding carboxylic acids is 2. The van der Waals surface area contributed by atoms with Crippen molar-refractivity contribution in [2.24, 2.45) is 0 Å². The van der Waals surface area contributed by atoms with Gasteiger partial charge in [0.1, 0.15) is 5.75 Å². The molecule has 0 saturated heterocycles. The van der Waals surface area contributed by atoms with Crippen molar-refractivity contribution in [3.8, 4) is 5.75 Å². The van der Waals surface area contributed by atoms with Crippen molar-refractivity contribution >= 4 is 23.6 Å². The molecule has 0 heterocycles. The molecule has 5 nitrogen and oxygen atoms in total. The van der Waals surface area contributed by atoms with E-state index in [-0.39, 0.29) is 5.91 Å². The minimum absolute atomic E-state index is 0.258. The summed E-state index contributed by atoms with van der Waals surface area (Å²) < 4.78 is 9.69. The van der Waals surface area contributed by atoms with E-state index in [0.29, 0.717) is 11.3 Å². The summed E-state index contributed by atoms with van der Waals surface area (Å²) in [5, 5.41) is 2.72. The maximum absolute atomic E-state index is 11.9. The van der Waals surface area contributed by atoms with Gasteiger partial charge in [-0.1, -0.05) is 12.1 Å². The molecule has 0 aromatic heterocycles. The third-order valence-corrected chi connectivity index (χ3v) is 3.12. The van der Waals surface area contributed by atoms with E-state index in [1.54, 1.807) is 37.5 Å². The summed E-state index contributed by atoms with van der Waals surface area (Å²) in [6.07, 6.45) is 3.15.